The first kappa shape index (κ1) is 26.3. The minimum absolute atomic E-state index is 0.183. The Balaban J connectivity index is 0.000000161. The summed E-state index contributed by atoms with van der Waals surface area (Å²) in [7, 11) is 0. The quantitative estimate of drug-likeness (QED) is 0.188. The molecule has 6 rings (SSSR count). The van der Waals surface area contributed by atoms with Gasteiger partial charge in [0.2, 0.25) is 0 Å². The van der Waals surface area contributed by atoms with Crippen molar-refractivity contribution in [3.05, 3.63) is 132 Å². The number of para-hydroxylation sites is 2. The predicted molar refractivity (Wildman–Crippen MR) is 159 cm³/mol. The Morgan fingerprint density at radius 3 is 1.73 bits per heavy atom. The third-order valence-corrected chi connectivity index (χ3v) is 6.42. The van der Waals surface area contributed by atoms with Gasteiger partial charge in [-0.25, -0.2) is 9.97 Å². The largest absolute Gasteiger partial charge is 0.508 e. The monoisotopic (exact) mass is 528 g/mol. The summed E-state index contributed by atoms with van der Waals surface area (Å²) in [6, 6.07) is 32.7. The van der Waals surface area contributed by atoms with Gasteiger partial charge < -0.3 is 20.4 Å². The number of phenols is 4. The Morgan fingerprint density at radius 2 is 1.07 bits per heavy atom. The Morgan fingerprint density at radius 1 is 0.500 bits per heavy atom. The molecule has 4 N–H and O–H groups in total. The SMILES string of the molecule is Oc1ccc(/C=C/c2ccc3cccc(O)c3n2)cc1.Oc1ccc(CCc2ccc3cccc(O)c3n2)cc1. The summed E-state index contributed by atoms with van der Waals surface area (Å²) in [6.07, 6.45) is 5.44. The van der Waals surface area contributed by atoms with E-state index in [0.29, 0.717) is 11.0 Å². The minimum atomic E-state index is 0.183. The maximum atomic E-state index is 9.82. The fraction of sp³-hybridized carbons (Fsp3) is 0.0588. The van der Waals surface area contributed by atoms with Crippen LogP contribution in [0, 0.1) is 0 Å². The summed E-state index contributed by atoms with van der Waals surface area (Å²) < 4.78 is 0. The maximum absolute atomic E-state index is 9.82. The van der Waals surface area contributed by atoms with Crippen LogP contribution < -0.4 is 0 Å². The molecule has 0 radical (unpaired) electrons. The van der Waals surface area contributed by atoms with Gasteiger partial charge in [0, 0.05) is 16.5 Å². The van der Waals surface area contributed by atoms with Gasteiger partial charge in [-0.15, -0.1) is 0 Å². The third kappa shape index (κ3) is 6.55. The molecular weight excluding hydrogens is 500 g/mol. The molecule has 0 saturated carbocycles. The lowest BCUT2D eigenvalue weighted by atomic mass is 10.1. The first-order valence-electron chi connectivity index (χ1n) is 12.9. The molecule has 6 heteroatoms. The van der Waals surface area contributed by atoms with E-state index in [2.05, 4.69) is 9.97 Å². The highest BCUT2D eigenvalue weighted by molar-refractivity contribution is 5.86. The van der Waals surface area contributed by atoms with E-state index < -0.39 is 0 Å². The van der Waals surface area contributed by atoms with Crippen LogP contribution in [0.15, 0.2) is 109 Å². The summed E-state index contributed by atoms with van der Waals surface area (Å²) in [5, 5.41) is 39.9. The average molecular weight is 529 g/mol. The van der Waals surface area contributed by atoms with Crippen LogP contribution in [0.3, 0.4) is 0 Å². The lowest BCUT2D eigenvalue weighted by Crippen LogP contribution is -1.95. The van der Waals surface area contributed by atoms with Crippen LogP contribution >= 0.6 is 0 Å². The Hall–Kier alpha value is -5.36. The van der Waals surface area contributed by atoms with Crippen molar-refractivity contribution in [1.29, 1.82) is 0 Å². The van der Waals surface area contributed by atoms with Gasteiger partial charge in [-0.2, -0.15) is 0 Å². The number of hydrogen-bond acceptors (Lipinski definition) is 6. The lowest BCUT2D eigenvalue weighted by Gasteiger charge is -2.05. The zero-order chi connectivity index (χ0) is 27.9. The van der Waals surface area contributed by atoms with Gasteiger partial charge in [-0.3, -0.25) is 0 Å². The van der Waals surface area contributed by atoms with Crippen LogP contribution in [0.25, 0.3) is 34.0 Å². The van der Waals surface area contributed by atoms with Crippen molar-refractivity contribution in [2.24, 2.45) is 0 Å². The van der Waals surface area contributed by atoms with Gasteiger partial charge in [0.25, 0.3) is 0 Å². The van der Waals surface area contributed by atoms with Crippen molar-refractivity contribution < 1.29 is 20.4 Å². The van der Waals surface area contributed by atoms with E-state index in [1.807, 2.05) is 78.9 Å². The van der Waals surface area contributed by atoms with Gasteiger partial charge >= 0.3 is 0 Å². The number of fused-ring (bicyclic) bond motifs is 2. The summed E-state index contributed by atoms with van der Waals surface area (Å²) >= 11 is 0. The highest BCUT2D eigenvalue weighted by Gasteiger charge is 2.04. The first-order chi connectivity index (χ1) is 19.4. The van der Waals surface area contributed by atoms with E-state index in [9.17, 15) is 20.4 Å². The maximum Gasteiger partial charge on any atom is 0.141 e. The highest BCUT2D eigenvalue weighted by Crippen LogP contribution is 2.24. The molecule has 0 spiro atoms. The molecular formula is C34H28N2O4. The van der Waals surface area contributed by atoms with E-state index in [0.717, 1.165) is 46.1 Å². The molecule has 4 aromatic carbocycles. The van der Waals surface area contributed by atoms with Gasteiger partial charge in [0.1, 0.15) is 34.0 Å². The number of aryl methyl sites for hydroxylation is 2. The second-order valence-electron chi connectivity index (χ2n) is 9.33. The zero-order valence-corrected chi connectivity index (χ0v) is 21.6. The summed E-state index contributed by atoms with van der Waals surface area (Å²) in [4.78, 5) is 8.93. The topological polar surface area (TPSA) is 107 Å². The molecule has 0 fully saturated rings. The molecule has 0 aliphatic heterocycles. The molecule has 40 heavy (non-hydrogen) atoms. The van der Waals surface area contributed by atoms with E-state index in [4.69, 9.17) is 0 Å². The highest BCUT2D eigenvalue weighted by atomic mass is 16.3. The van der Waals surface area contributed by atoms with Gasteiger partial charge in [0.05, 0.1) is 5.69 Å². The van der Waals surface area contributed by atoms with Crippen molar-refractivity contribution in [2.45, 2.75) is 12.8 Å². The molecule has 0 aliphatic rings. The van der Waals surface area contributed by atoms with Gasteiger partial charge in [0.15, 0.2) is 0 Å². The van der Waals surface area contributed by atoms with Crippen LogP contribution in [-0.2, 0) is 12.8 Å². The Labute approximate surface area is 231 Å². The van der Waals surface area contributed by atoms with E-state index >= 15 is 0 Å². The Kier molecular flexibility index (Phi) is 7.88. The fourth-order valence-corrected chi connectivity index (χ4v) is 4.25. The van der Waals surface area contributed by atoms with E-state index in [1.165, 1.54) is 0 Å². The zero-order valence-electron chi connectivity index (χ0n) is 21.6. The number of nitrogens with zero attached hydrogens (tertiary/aromatic N) is 2. The normalized spacial score (nSPS) is 11.0. The molecule has 0 bridgehead atoms. The number of aromatic nitrogens is 2. The van der Waals surface area contributed by atoms with Crippen LogP contribution in [0.1, 0.15) is 22.5 Å². The number of benzene rings is 4. The summed E-state index contributed by atoms with van der Waals surface area (Å²) in [5.41, 5.74) is 5.10. The van der Waals surface area contributed by atoms with E-state index in [-0.39, 0.29) is 23.0 Å². The van der Waals surface area contributed by atoms with Crippen molar-refractivity contribution >= 4 is 34.0 Å². The minimum Gasteiger partial charge on any atom is -0.508 e. The van der Waals surface area contributed by atoms with Crippen molar-refractivity contribution in [3.63, 3.8) is 0 Å². The summed E-state index contributed by atoms with van der Waals surface area (Å²) in [6.45, 7) is 0. The number of rotatable bonds is 5. The first-order valence-corrected chi connectivity index (χ1v) is 12.9. The molecule has 0 unspecified atom stereocenters. The van der Waals surface area contributed by atoms with E-state index in [1.54, 1.807) is 42.5 Å². The number of aromatic hydroxyl groups is 4. The second-order valence-corrected chi connectivity index (χ2v) is 9.33. The number of hydrogen-bond donors (Lipinski definition) is 4. The van der Waals surface area contributed by atoms with Gasteiger partial charge in [-0.1, -0.05) is 66.7 Å². The van der Waals surface area contributed by atoms with Crippen LogP contribution in [0.5, 0.6) is 23.0 Å². The van der Waals surface area contributed by atoms with Crippen LogP contribution in [0.4, 0.5) is 0 Å². The number of pyridine rings is 2. The predicted octanol–water partition coefficient (Wildman–Crippen LogP) is 7.25. The molecule has 0 amide bonds. The van der Waals surface area contributed by atoms with Crippen LogP contribution in [-0.4, -0.2) is 30.4 Å². The lowest BCUT2D eigenvalue weighted by molar-refractivity contribution is 0.474. The molecule has 0 atom stereocenters. The van der Waals surface area contributed by atoms with Gasteiger partial charge in [-0.05, 0) is 78.6 Å². The van der Waals surface area contributed by atoms with Crippen molar-refractivity contribution in [3.8, 4) is 23.0 Å². The average Bonchev–Trinajstić information content (AvgIpc) is 2.98. The molecule has 198 valence electrons. The van der Waals surface area contributed by atoms with Crippen LogP contribution in [0.2, 0.25) is 0 Å². The Bertz CT molecular complexity index is 1780. The molecule has 6 nitrogen and oxygen atoms in total. The smallest absolute Gasteiger partial charge is 0.141 e. The fourth-order valence-electron chi connectivity index (χ4n) is 4.25. The van der Waals surface area contributed by atoms with Crippen molar-refractivity contribution in [1.82, 2.24) is 9.97 Å². The standard InChI is InChI=1S/C17H15NO2.C17H13NO2/c2*19-15-10-5-12(6-11-15)4-8-14-9-7-13-2-1-3-16(20)17(13)18-14/h1-3,5-7,9-11,19-20H,4,8H2;1-11,19-20H/b;8-4+. The summed E-state index contributed by atoms with van der Waals surface area (Å²) in [5.74, 6) is 0.926. The third-order valence-electron chi connectivity index (χ3n) is 6.42. The molecule has 2 aromatic heterocycles. The number of phenolic OH excluding ortho intramolecular Hbond substituents is 4. The van der Waals surface area contributed by atoms with Crippen molar-refractivity contribution in [2.75, 3.05) is 0 Å². The molecule has 2 heterocycles. The molecule has 0 aliphatic carbocycles. The second kappa shape index (κ2) is 12.0. The molecule has 0 saturated heterocycles. The molecule has 6 aromatic rings.